The fourth-order valence-corrected chi connectivity index (χ4v) is 2.98. The number of fused-ring (bicyclic) bond motifs is 1. The van der Waals surface area contributed by atoms with E-state index >= 15 is 0 Å². The summed E-state index contributed by atoms with van der Waals surface area (Å²) in [6.45, 7) is 0.0906. The molecule has 0 saturated carbocycles. The highest BCUT2D eigenvalue weighted by Crippen LogP contribution is 2.31. The minimum absolute atomic E-state index is 0.0145. The lowest BCUT2D eigenvalue weighted by Crippen LogP contribution is -2.40. The molecule has 0 radical (unpaired) electrons. The highest BCUT2D eigenvalue weighted by Gasteiger charge is 2.25. The third-order valence-electron chi connectivity index (χ3n) is 4.65. The SMILES string of the molecule is CN(C)c1ccc(CNC(=O)COC(=O)CCN2C(=O)COc3ccccc32)cc1. The number of ether oxygens (including phenoxy) is 2. The number of anilines is 2. The molecule has 0 atom stereocenters. The lowest BCUT2D eigenvalue weighted by Gasteiger charge is -2.28. The van der Waals surface area contributed by atoms with E-state index in [2.05, 4.69) is 5.32 Å². The minimum atomic E-state index is -0.544. The van der Waals surface area contributed by atoms with Crippen LogP contribution in [0.25, 0.3) is 0 Å². The Morgan fingerprint density at radius 1 is 1.13 bits per heavy atom. The molecular formula is C22H25N3O5. The molecule has 0 bridgehead atoms. The van der Waals surface area contributed by atoms with E-state index in [0.717, 1.165) is 11.3 Å². The molecule has 0 fully saturated rings. The van der Waals surface area contributed by atoms with E-state index in [4.69, 9.17) is 9.47 Å². The van der Waals surface area contributed by atoms with Gasteiger partial charge < -0.3 is 24.6 Å². The molecule has 30 heavy (non-hydrogen) atoms. The van der Waals surface area contributed by atoms with Crippen molar-refractivity contribution in [2.24, 2.45) is 0 Å². The number of carbonyl (C=O) groups excluding carboxylic acids is 3. The molecule has 158 valence electrons. The fourth-order valence-electron chi connectivity index (χ4n) is 2.98. The summed E-state index contributed by atoms with van der Waals surface area (Å²) >= 11 is 0. The van der Waals surface area contributed by atoms with Crippen molar-refractivity contribution in [3.8, 4) is 5.75 Å². The average molecular weight is 411 g/mol. The zero-order chi connectivity index (χ0) is 21.5. The van der Waals surface area contributed by atoms with Crippen LogP contribution in [0.2, 0.25) is 0 Å². The summed E-state index contributed by atoms with van der Waals surface area (Å²) in [6, 6.07) is 14.9. The Kier molecular flexibility index (Phi) is 6.90. The van der Waals surface area contributed by atoms with Gasteiger partial charge in [0.25, 0.3) is 11.8 Å². The highest BCUT2D eigenvalue weighted by atomic mass is 16.5. The predicted octanol–water partition coefficient (Wildman–Crippen LogP) is 1.73. The first-order chi connectivity index (χ1) is 14.4. The summed E-state index contributed by atoms with van der Waals surface area (Å²) in [6.07, 6.45) is -0.0145. The van der Waals surface area contributed by atoms with Crippen molar-refractivity contribution in [1.29, 1.82) is 0 Å². The van der Waals surface area contributed by atoms with Crippen molar-refractivity contribution >= 4 is 29.2 Å². The van der Waals surface area contributed by atoms with Gasteiger partial charge in [-0.3, -0.25) is 14.4 Å². The molecule has 2 aromatic carbocycles. The zero-order valence-electron chi connectivity index (χ0n) is 17.1. The Bertz CT molecular complexity index is 911. The first kappa shape index (κ1) is 21.2. The number of esters is 1. The second-order valence-electron chi connectivity index (χ2n) is 7.05. The number of amides is 2. The van der Waals surface area contributed by atoms with Crippen LogP contribution in [0.3, 0.4) is 0 Å². The lowest BCUT2D eigenvalue weighted by atomic mass is 10.2. The Morgan fingerprint density at radius 2 is 1.87 bits per heavy atom. The number of rotatable bonds is 8. The van der Waals surface area contributed by atoms with Gasteiger partial charge in [-0.1, -0.05) is 24.3 Å². The van der Waals surface area contributed by atoms with Gasteiger partial charge in [0.15, 0.2) is 13.2 Å². The molecule has 0 spiro atoms. The summed E-state index contributed by atoms with van der Waals surface area (Å²) in [5.41, 5.74) is 2.64. The monoisotopic (exact) mass is 411 g/mol. The van der Waals surface area contributed by atoms with Crippen LogP contribution in [0.5, 0.6) is 5.75 Å². The van der Waals surface area contributed by atoms with Crippen molar-refractivity contribution in [1.82, 2.24) is 5.32 Å². The van der Waals surface area contributed by atoms with Gasteiger partial charge in [0.1, 0.15) is 5.75 Å². The zero-order valence-corrected chi connectivity index (χ0v) is 17.1. The molecule has 1 aliphatic rings. The molecule has 0 aromatic heterocycles. The van der Waals surface area contributed by atoms with Gasteiger partial charge in [0.2, 0.25) is 0 Å². The third kappa shape index (κ3) is 5.50. The van der Waals surface area contributed by atoms with E-state index < -0.39 is 5.97 Å². The fraction of sp³-hybridized carbons (Fsp3) is 0.318. The van der Waals surface area contributed by atoms with Gasteiger partial charge in [-0.05, 0) is 29.8 Å². The molecule has 0 saturated heterocycles. The molecular weight excluding hydrogens is 386 g/mol. The minimum Gasteiger partial charge on any atom is -0.482 e. The first-order valence-corrected chi connectivity index (χ1v) is 9.65. The van der Waals surface area contributed by atoms with Gasteiger partial charge in [-0.15, -0.1) is 0 Å². The normalized spacial score (nSPS) is 12.6. The summed E-state index contributed by atoms with van der Waals surface area (Å²) in [5.74, 6) is -0.548. The van der Waals surface area contributed by atoms with Crippen LogP contribution < -0.4 is 19.9 Å². The molecule has 0 aliphatic carbocycles. The van der Waals surface area contributed by atoms with Crippen molar-refractivity contribution in [2.45, 2.75) is 13.0 Å². The number of carbonyl (C=O) groups is 3. The van der Waals surface area contributed by atoms with Crippen LogP contribution in [-0.2, 0) is 25.7 Å². The molecule has 1 heterocycles. The van der Waals surface area contributed by atoms with Gasteiger partial charge in [-0.25, -0.2) is 0 Å². The van der Waals surface area contributed by atoms with E-state index in [0.29, 0.717) is 18.0 Å². The van der Waals surface area contributed by atoms with Gasteiger partial charge >= 0.3 is 5.97 Å². The predicted molar refractivity (Wildman–Crippen MR) is 112 cm³/mol. The topological polar surface area (TPSA) is 88.2 Å². The summed E-state index contributed by atoms with van der Waals surface area (Å²) in [7, 11) is 3.91. The van der Waals surface area contributed by atoms with Crippen molar-refractivity contribution < 1.29 is 23.9 Å². The maximum atomic E-state index is 12.1. The number of para-hydroxylation sites is 2. The average Bonchev–Trinajstić information content (AvgIpc) is 2.75. The van der Waals surface area contributed by atoms with Crippen LogP contribution in [0.15, 0.2) is 48.5 Å². The maximum Gasteiger partial charge on any atom is 0.308 e. The Labute approximate surface area is 175 Å². The van der Waals surface area contributed by atoms with Gasteiger partial charge in [-0.2, -0.15) is 0 Å². The second-order valence-corrected chi connectivity index (χ2v) is 7.05. The molecule has 1 aliphatic heterocycles. The summed E-state index contributed by atoms with van der Waals surface area (Å²) < 4.78 is 10.4. The molecule has 1 N–H and O–H groups in total. The van der Waals surface area contributed by atoms with E-state index in [1.807, 2.05) is 49.3 Å². The van der Waals surface area contributed by atoms with Crippen molar-refractivity contribution in [3.63, 3.8) is 0 Å². The van der Waals surface area contributed by atoms with E-state index in [9.17, 15) is 14.4 Å². The maximum absolute atomic E-state index is 12.1. The molecule has 8 nitrogen and oxygen atoms in total. The summed E-state index contributed by atoms with van der Waals surface area (Å²) in [4.78, 5) is 39.5. The molecule has 8 heteroatoms. The molecule has 3 rings (SSSR count). The number of hydrogen-bond acceptors (Lipinski definition) is 6. The van der Waals surface area contributed by atoms with Gasteiger partial charge in [0.05, 0.1) is 12.1 Å². The van der Waals surface area contributed by atoms with E-state index in [1.54, 1.807) is 18.2 Å². The van der Waals surface area contributed by atoms with Crippen molar-refractivity contribution in [3.05, 3.63) is 54.1 Å². The molecule has 0 unspecified atom stereocenters. The van der Waals surface area contributed by atoms with Crippen LogP contribution in [0.1, 0.15) is 12.0 Å². The number of hydrogen-bond donors (Lipinski definition) is 1. The van der Waals surface area contributed by atoms with E-state index in [1.165, 1.54) is 4.90 Å². The van der Waals surface area contributed by atoms with Crippen LogP contribution in [0.4, 0.5) is 11.4 Å². The number of nitrogens with zero attached hydrogens (tertiary/aromatic N) is 2. The van der Waals surface area contributed by atoms with Crippen LogP contribution in [-0.4, -0.2) is 51.6 Å². The quantitative estimate of drug-likeness (QED) is 0.666. The van der Waals surface area contributed by atoms with Crippen molar-refractivity contribution in [2.75, 3.05) is 43.7 Å². The number of nitrogens with one attached hydrogen (secondary N) is 1. The Balaban J connectivity index is 1.40. The third-order valence-corrected chi connectivity index (χ3v) is 4.65. The second kappa shape index (κ2) is 9.78. The standard InChI is InChI=1S/C22H25N3O5/c1-24(2)17-9-7-16(8-10-17)13-23-20(26)14-30-22(28)11-12-25-18-5-3-4-6-19(18)29-15-21(25)27/h3-10H,11-15H2,1-2H3,(H,23,26). The lowest BCUT2D eigenvalue weighted by molar-refractivity contribution is -0.148. The van der Waals surface area contributed by atoms with Crippen LogP contribution in [0, 0.1) is 0 Å². The Hall–Kier alpha value is -3.55. The molecule has 2 amide bonds. The summed E-state index contributed by atoms with van der Waals surface area (Å²) in [5, 5.41) is 2.72. The first-order valence-electron chi connectivity index (χ1n) is 9.65. The van der Waals surface area contributed by atoms with Gasteiger partial charge in [0, 0.05) is 32.9 Å². The largest absolute Gasteiger partial charge is 0.482 e. The van der Waals surface area contributed by atoms with E-state index in [-0.39, 0.29) is 38.0 Å². The smallest absolute Gasteiger partial charge is 0.308 e. The Morgan fingerprint density at radius 3 is 2.60 bits per heavy atom. The molecule has 2 aromatic rings. The highest BCUT2D eigenvalue weighted by molar-refractivity contribution is 5.98. The van der Waals surface area contributed by atoms with Crippen LogP contribution >= 0.6 is 0 Å². The number of benzene rings is 2.